The topological polar surface area (TPSA) is 54.9 Å². The molecule has 0 bridgehead atoms. The molecule has 104 valence electrons. The van der Waals surface area contributed by atoms with Gasteiger partial charge in [-0.1, -0.05) is 59.5 Å². The van der Waals surface area contributed by atoms with Gasteiger partial charge in [-0.25, -0.2) is 0 Å². The zero-order valence-corrected chi connectivity index (χ0v) is 12.7. The third-order valence-electron chi connectivity index (χ3n) is 2.51. The van der Waals surface area contributed by atoms with E-state index >= 15 is 0 Å². The fraction of sp³-hybridized carbons (Fsp3) is 0.214. The number of aromatic nitrogens is 2. The van der Waals surface area contributed by atoms with Crippen LogP contribution in [0.25, 0.3) is 0 Å². The lowest BCUT2D eigenvalue weighted by molar-refractivity contribution is 0.0994. The van der Waals surface area contributed by atoms with E-state index in [0.29, 0.717) is 6.54 Å². The number of hydrogen-bond acceptors (Lipinski definition) is 6. The molecular formula is C14H15N3OS2. The van der Waals surface area contributed by atoms with Crippen molar-refractivity contribution in [2.75, 3.05) is 11.9 Å². The molecular weight excluding hydrogens is 290 g/mol. The highest BCUT2D eigenvalue weighted by molar-refractivity contribution is 8.02. The Balaban J connectivity index is 1.97. The molecule has 4 nitrogen and oxygen atoms in total. The lowest BCUT2D eigenvalue weighted by atomic mass is 10.1. The van der Waals surface area contributed by atoms with Gasteiger partial charge in [0.05, 0.1) is 5.25 Å². The van der Waals surface area contributed by atoms with Gasteiger partial charge in [-0.3, -0.25) is 4.79 Å². The second kappa shape index (κ2) is 7.21. The van der Waals surface area contributed by atoms with Crippen molar-refractivity contribution >= 4 is 34.0 Å². The first-order valence-corrected chi connectivity index (χ1v) is 7.84. The summed E-state index contributed by atoms with van der Waals surface area (Å²) in [6.45, 7) is 6.17. The molecule has 0 aliphatic rings. The zero-order chi connectivity index (χ0) is 14.4. The maximum absolute atomic E-state index is 12.2. The van der Waals surface area contributed by atoms with Crippen molar-refractivity contribution in [1.82, 2.24) is 10.2 Å². The fourth-order valence-electron chi connectivity index (χ4n) is 1.53. The number of anilines is 1. The minimum Gasteiger partial charge on any atom is -0.357 e. The van der Waals surface area contributed by atoms with Crippen LogP contribution in [0.2, 0.25) is 0 Å². The first-order chi connectivity index (χ1) is 9.70. The summed E-state index contributed by atoms with van der Waals surface area (Å²) in [5.74, 6) is 0.103. The largest absolute Gasteiger partial charge is 0.357 e. The molecule has 20 heavy (non-hydrogen) atoms. The number of Topliss-reactive ketones (excluding diaryl/α,β-unsaturated/α-hetero) is 1. The Labute approximate surface area is 126 Å². The molecule has 0 saturated heterocycles. The van der Waals surface area contributed by atoms with Gasteiger partial charge in [0.1, 0.15) is 0 Å². The summed E-state index contributed by atoms with van der Waals surface area (Å²) in [6, 6.07) is 9.30. The van der Waals surface area contributed by atoms with Crippen LogP contribution in [0.5, 0.6) is 0 Å². The molecule has 0 spiro atoms. The van der Waals surface area contributed by atoms with Gasteiger partial charge >= 0.3 is 0 Å². The highest BCUT2D eigenvalue weighted by Crippen LogP contribution is 2.30. The highest BCUT2D eigenvalue weighted by Gasteiger charge is 2.18. The first kappa shape index (κ1) is 14.7. The Bertz CT molecular complexity index is 583. The van der Waals surface area contributed by atoms with E-state index in [1.54, 1.807) is 6.08 Å². The Morgan fingerprint density at radius 3 is 2.90 bits per heavy atom. The Hall–Kier alpha value is -1.66. The summed E-state index contributed by atoms with van der Waals surface area (Å²) in [7, 11) is 0. The lowest BCUT2D eigenvalue weighted by Crippen LogP contribution is -2.13. The summed E-state index contributed by atoms with van der Waals surface area (Å²) in [4.78, 5) is 12.2. The third-order valence-corrected chi connectivity index (χ3v) is 4.57. The molecule has 6 heteroatoms. The summed E-state index contributed by atoms with van der Waals surface area (Å²) < 4.78 is 0.786. The van der Waals surface area contributed by atoms with Crippen molar-refractivity contribution in [3.8, 4) is 0 Å². The minimum atomic E-state index is -0.183. The molecule has 0 aliphatic carbocycles. The number of nitrogens with one attached hydrogen (secondary N) is 1. The van der Waals surface area contributed by atoms with E-state index in [1.807, 2.05) is 37.3 Å². The molecule has 1 aromatic heterocycles. The van der Waals surface area contributed by atoms with Crippen LogP contribution in [0.15, 0.2) is 47.3 Å². The Morgan fingerprint density at radius 1 is 1.45 bits per heavy atom. The second-order valence-corrected chi connectivity index (χ2v) is 6.60. The second-order valence-electron chi connectivity index (χ2n) is 4.03. The number of nitrogens with zero attached hydrogens (tertiary/aromatic N) is 2. The Morgan fingerprint density at radius 2 is 2.20 bits per heavy atom. The zero-order valence-electron chi connectivity index (χ0n) is 11.1. The quantitative estimate of drug-likeness (QED) is 0.482. The molecule has 1 atom stereocenters. The summed E-state index contributed by atoms with van der Waals surface area (Å²) in [5, 5.41) is 11.7. The number of hydrogen-bond donors (Lipinski definition) is 1. The van der Waals surface area contributed by atoms with Gasteiger partial charge in [0.25, 0.3) is 0 Å². The maximum Gasteiger partial charge on any atom is 0.206 e. The standard InChI is InChI=1S/C14H15N3OS2/c1-3-9-15-13-16-17-14(20-13)19-10(2)12(18)11-7-5-4-6-8-11/h3-8,10H,1,9H2,2H3,(H,15,16). The molecule has 1 unspecified atom stereocenters. The smallest absolute Gasteiger partial charge is 0.206 e. The highest BCUT2D eigenvalue weighted by atomic mass is 32.2. The van der Waals surface area contributed by atoms with Crippen molar-refractivity contribution in [3.05, 3.63) is 48.6 Å². The number of carbonyl (C=O) groups excluding carboxylic acids is 1. The molecule has 2 rings (SSSR count). The molecule has 1 aromatic carbocycles. The van der Waals surface area contributed by atoms with Crippen molar-refractivity contribution in [3.63, 3.8) is 0 Å². The summed E-state index contributed by atoms with van der Waals surface area (Å²) in [6.07, 6.45) is 1.76. The lowest BCUT2D eigenvalue weighted by Gasteiger charge is -2.07. The first-order valence-electron chi connectivity index (χ1n) is 6.15. The number of carbonyl (C=O) groups is 1. The van der Waals surface area contributed by atoms with Gasteiger partial charge in [-0.05, 0) is 6.92 Å². The van der Waals surface area contributed by atoms with Crippen LogP contribution in [0.4, 0.5) is 5.13 Å². The van der Waals surface area contributed by atoms with Crippen LogP contribution in [-0.4, -0.2) is 27.8 Å². The summed E-state index contributed by atoms with van der Waals surface area (Å²) in [5.41, 5.74) is 0.724. The molecule has 1 heterocycles. The van der Waals surface area contributed by atoms with Crippen molar-refractivity contribution < 1.29 is 4.79 Å². The molecule has 1 N–H and O–H groups in total. The van der Waals surface area contributed by atoms with Gasteiger partial charge in [0.2, 0.25) is 5.13 Å². The normalized spacial score (nSPS) is 11.8. The van der Waals surface area contributed by atoms with Crippen molar-refractivity contribution in [1.29, 1.82) is 0 Å². The molecule has 0 amide bonds. The Kier molecular flexibility index (Phi) is 5.31. The van der Waals surface area contributed by atoms with Gasteiger partial charge in [-0.2, -0.15) is 0 Å². The fourth-order valence-corrected chi connectivity index (χ4v) is 3.51. The van der Waals surface area contributed by atoms with Crippen LogP contribution >= 0.6 is 23.1 Å². The van der Waals surface area contributed by atoms with E-state index in [2.05, 4.69) is 22.1 Å². The van der Waals surface area contributed by atoms with Gasteiger partial charge < -0.3 is 5.32 Å². The van der Waals surface area contributed by atoms with Gasteiger partial charge in [0, 0.05) is 12.1 Å². The molecule has 0 fully saturated rings. The minimum absolute atomic E-state index is 0.103. The maximum atomic E-state index is 12.2. The molecule has 0 saturated carbocycles. The number of rotatable bonds is 7. The number of thioether (sulfide) groups is 1. The van der Waals surface area contributed by atoms with Gasteiger partial charge in [-0.15, -0.1) is 16.8 Å². The van der Waals surface area contributed by atoms with Gasteiger partial charge in [0.15, 0.2) is 10.1 Å². The monoisotopic (exact) mass is 305 g/mol. The van der Waals surface area contributed by atoms with Crippen LogP contribution in [0, 0.1) is 0 Å². The summed E-state index contributed by atoms with van der Waals surface area (Å²) >= 11 is 2.87. The van der Waals surface area contributed by atoms with E-state index in [9.17, 15) is 4.79 Å². The van der Waals surface area contributed by atoms with E-state index in [-0.39, 0.29) is 11.0 Å². The average molecular weight is 305 g/mol. The van der Waals surface area contributed by atoms with Crippen LogP contribution in [0.3, 0.4) is 0 Å². The number of benzene rings is 1. The van der Waals surface area contributed by atoms with Crippen LogP contribution in [-0.2, 0) is 0 Å². The predicted octanol–water partition coefficient (Wildman–Crippen LogP) is 3.50. The van der Waals surface area contributed by atoms with Crippen molar-refractivity contribution in [2.45, 2.75) is 16.5 Å². The molecule has 0 aliphatic heterocycles. The van der Waals surface area contributed by atoms with E-state index < -0.39 is 0 Å². The van der Waals surface area contributed by atoms with E-state index in [1.165, 1.54) is 23.1 Å². The van der Waals surface area contributed by atoms with Crippen molar-refractivity contribution in [2.24, 2.45) is 0 Å². The van der Waals surface area contributed by atoms with E-state index in [4.69, 9.17) is 0 Å². The third kappa shape index (κ3) is 3.91. The molecule has 2 aromatic rings. The van der Waals surface area contributed by atoms with E-state index in [0.717, 1.165) is 15.0 Å². The van der Waals surface area contributed by atoms with Crippen LogP contribution in [0.1, 0.15) is 17.3 Å². The number of ketones is 1. The van der Waals surface area contributed by atoms with Crippen LogP contribution < -0.4 is 5.32 Å². The molecule has 0 radical (unpaired) electrons. The average Bonchev–Trinajstić information content (AvgIpc) is 2.92. The predicted molar refractivity (Wildman–Crippen MR) is 84.7 cm³/mol. The SMILES string of the molecule is C=CCNc1nnc(SC(C)C(=O)c2ccccc2)s1.